The minimum atomic E-state index is -0.530. The third kappa shape index (κ3) is 2.73. The monoisotopic (exact) mass is 269 g/mol. The van der Waals surface area contributed by atoms with Crippen molar-refractivity contribution in [2.45, 2.75) is 25.8 Å². The van der Waals surface area contributed by atoms with Crippen molar-refractivity contribution in [3.63, 3.8) is 0 Å². The first-order valence-corrected chi connectivity index (χ1v) is 6.89. The van der Waals surface area contributed by atoms with Crippen molar-refractivity contribution in [2.24, 2.45) is 5.73 Å². The Balaban J connectivity index is 1.95. The number of nitrogens with zero attached hydrogens (tertiary/aromatic N) is 2. The molecule has 0 bridgehead atoms. The van der Waals surface area contributed by atoms with E-state index in [-0.39, 0.29) is 5.82 Å². The van der Waals surface area contributed by atoms with E-state index >= 15 is 0 Å². The van der Waals surface area contributed by atoms with Gasteiger partial charge in [-0.05, 0) is 44.4 Å². The molecule has 1 amide bonds. The zero-order valence-electron chi connectivity index (χ0n) is 10.5. The SMILES string of the molecule is CC(CNc1snc(N)c1C(N)=O)N1CCCC1. The van der Waals surface area contributed by atoms with Crippen molar-refractivity contribution in [1.29, 1.82) is 0 Å². The summed E-state index contributed by atoms with van der Waals surface area (Å²) in [6, 6.07) is 0.427. The smallest absolute Gasteiger partial charge is 0.255 e. The molecule has 2 rings (SSSR count). The maximum atomic E-state index is 11.3. The summed E-state index contributed by atoms with van der Waals surface area (Å²) in [4.78, 5) is 13.7. The molecule has 18 heavy (non-hydrogen) atoms. The number of carbonyl (C=O) groups is 1. The van der Waals surface area contributed by atoms with Gasteiger partial charge in [-0.15, -0.1) is 0 Å². The Morgan fingerprint density at radius 2 is 2.22 bits per heavy atom. The first-order chi connectivity index (χ1) is 8.59. The molecule has 0 radical (unpaired) electrons. The van der Waals surface area contributed by atoms with Crippen molar-refractivity contribution in [1.82, 2.24) is 9.27 Å². The van der Waals surface area contributed by atoms with Crippen LogP contribution in [0.1, 0.15) is 30.1 Å². The lowest BCUT2D eigenvalue weighted by Gasteiger charge is -2.24. The number of hydrogen-bond donors (Lipinski definition) is 3. The lowest BCUT2D eigenvalue weighted by molar-refractivity contribution is 0.100. The molecule has 0 saturated carbocycles. The van der Waals surface area contributed by atoms with Gasteiger partial charge in [-0.1, -0.05) is 0 Å². The van der Waals surface area contributed by atoms with Crippen molar-refractivity contribution in [2.75, 3.05) is 30.7 Å². The van der Waals surface area contributed by atoms with Gasteiger partial charge in [-0.3, -0.25) is 9.69 Å². The Hall–Kier alpha value is -1.34. The van der Waals surface area contributed by atoms with Gasteiger partial charge in [0.05, 0.1) is 0 Å². The van der Waals surface area contributed by atoms with E-state index in [1.807, 2.05) is 0 Å². The summed E-state index contributed by atoms with van der Waals surface area (Å²) >= 11 is 1.18. The molecule has 1 unspecified atom stereocenters. The van der Waals surface area contributed by atoms with E-state index in [1.54, 1.807) is 0 Å². The molecule has 1 aliphatic rings. The van der Waals surface area contributed by atoms with Crippen molar-refractivity contribution in [3.8, 4) is 0 Å². The number of nitrogens with one attached hydrogen (secondary N) is 1. The maximum absolute atomic E-state index is 11.3. The van der Waals surface area contributed by atoms with Crippen LogP contribution in [-0.2, 0) is 0 Å². The van der Waals surface area contributed by atoms with Gasteiger partial charge < -0.3 is 16.8 Å². The molecule has 1 aliphatic heterocycles. The number of aromatic nitrogens is 1. The number of nitrogen functional groups attached to an aromatic ring is 1. The molecule has 100 valence electrons. The standard InChI is InChI=1S/C11H19N5OS/c1-7(16-4-2-3-5-16)6-14-11-8(10(13)17)9(12)15-18-11/h7,14H,2-6H2,1H3,(H2,12,15)(H2,13,17). The molecular weight excluding hydrogens is 250 g/mol. The van der Waals surface area contributed by atoms with Gasteiger partial charge in [0.15, 0.2) is 5.82 Å². The fraction of sp³-hybridized carbons (Fsp3) is 0.636. The summed E-state index contributed by atoms with van der Waals surface area (Å²) in [6.45, 7) is 5.24. The molecule has 1 atom stereocenters. The molecule has 5 N–H and O–H groups in total. The molecule has 1 fully saturated rings. The highest BCUT2D eigenvalue weighted by molar-refractivity contribution is 7.11. The highest BCUT2D eigenvalue weighted by Gasteiger charge is 2.20. The molecule has 6 nitrogen and oxygen atoms in total. The van der Waals surface area contributed by atoms with Crippen LogP contribution in [0.15, 0.2) is 0 Å². The molecular formula is C11H19N5OS. The van der Waals surface area contributed by atoms with E-state index in [0.717, 1.165) is 19.6 Å². The number of primary amides is 1. The lowest BCUT2D eigenvalue weighted by Crippen LogP contribution is -2.35. The number of rotatable bonds is 5. The average Bonchev–Trinajstić information content (AvgIpc) is 2.94. The van der Waals surface area contributed by atoms with Crippen LogP contribution in [0.4, 0.5) is 10.8 Å². The second-order valence-corrected chi connectivity index (χ2v) is 5.38. The number of anilines is 2. The zero-order valence-corrected chi connectivity index (χ0v) is 11.3. The van der Waals surface area contributed by atoms with Gasteiger partial charge in [0, 0.05) is 12.6 Å². The van der Waals surface area contributed by atoms with Gasteiger partial charge in [0.2, 0.25) is 0 Å². The van der Waals surface area contributed by atoms with Crippen LogP contribution in [0.3, 0.4) is 0 Å². The molecule has 0 aromatic carbocycles. The normalized spacial score (nSPS) is 17.8. The Morgan fingerprint density at radius 1 is 1.56 bits per heavy atom. The summed E-state index contributed by atoms with van der Waals surface area (Å²) in [6.07, 6.45) is 2.54. The Morgan fingerprint density at radius 3 is 2.83 bits per heavy atom. The van der Waals surface area contributed by atoms with Gasteiger partial charge in [-0.2, -0.15) is 4.37 Å². The summed E-state index contributed by atoms with van der Waals surface area (Å²) in [7, 11) is 0. The predicted molar refractivity (Wildman–Crippen MR) is 73.8 cm³/mol. The average molecular weight is 269 g/mol. The lowest BCUT2D eigenvalue weighted by atomic mass is 10.2. The first kappa shape index (κ1) is 13.1. The summed E-state index contributed by atoms with van der Waals surface area (Å²) in [5, 5.41) is 3.90. The minimum Gasteiger partial charge on any atom is -0.382 e. The number of hydrogen-bond acceptors (Lipinski definition) is 6. The van der Waals surface area contributed by atoms with Gasteiger partial charge in [0.1, 0.15) is 10.6 Å². The van der Waals surface area contributed by atoms with Crippen molar-refractivity contribution in [3.05, 3.63) is 5.56 Å². The summed E-state index contributed by atoms with van der Waals surface area (Å²) in [5.74, 6) is -0.318. The molecule has 7 heteroatoms. The largest absolute Gasteiger partial charge is 0.382 e. The van der Waals surface area contributed by atoms with E-state index < -0.39 is 5.91 Å². The van der Waals surface area contributed by atoms with E-state index in [2.05, 4.69) is 21.5 Å². The number of carbonyl (C=O) groups excluding carboxylic acids is 1. The van der Waals surface area contributed by atoms with Gasteiger partial charge in [-0.25, -0.2) is 0 Å². The fourth-order valence-electron chi connectivity index (χ4n) is 2.21. The minimum absolute atomic E-state index is 0.212. The number of nitrogens with two attached hydrogens (primary N) is 2. The number of likely N-dealkylation sites (tertiary alicyclic amines) is 1. The van der Waals surface area contributed by atoms with Crippen LogP contribution >= 0.6 is 11.5 Å². The Kier molecular flexibility index (Phi) is 4.03. The maximum Gasteiger partial charge on any atom is 0.255 e. The first-order valence-electron chi connectivity index (χ1n) is 6.12. The van der Waals surface area contributed by atoms with Crippen LogP contribution in [-0.4, -0.2) is 40.9 Å². The van der Waals surface area contributed by atoms with Crippen LogP contribution < -0.4 is 16.8 Å². The molecule has 1 aromatic rings. The zero-order chi connectivity index (χ0) is 13.1. The number of amides is 1. The highest BCUT2D eigenvalue weighted by atomic mass is 32.1. The molecule has 2 heterocycles. The molecule has 0 spiro atoms. The van der Waals surface area contributed by atoms with E-state index in [9.17, 15) is 4.79 Å². The Labute approximate surface area is 110 Å². The summed E-state index contributed by atoms with van der Waals surface area (Å²) in [5.41, 5.74) is 11.2. The molecule has 1 aromatic heterocycles. The second-order valence-electron chi connectivity index (χ2n) is 4.61. The van der Waals surface area contributed by atoms with Gasteiger partial charge in [0.25, 0.3) is 5.91 Å². The van der Waals surface area contributed by atoms with Gasteiger partial charge >= 0.3 is 0 Å². The predicted octanol–water partition coefficient (Wildman–Crippen LogP) is 0.720. The van der Waals surface area contributed by atoms with Crippen LogP contribution in [0.2, 0.25) is 0 Å². The van der Waals surface area contributed by atoms with Crippen LogP contribution in [0, 0.1) is 0 Å². The summed E-state index contributed by atoms with van der Waals surface area (Å²) < 4.78 is 3.96. The topological polar surface area (TPSA) is 97.3 Å². The quantitative estimate of drug-likeness (QED) is 0.732. The van der Waals surface area contributed by atoms with E-state index in [1.165, 1.54) is 24.4 Å². The third-order valence-corrected chi connectivity index (χ3v) is 4.11. The van der Waals surface area contributed by atoms with E-state index in [4.69, 9.17) is 11.5 Å². The van der Waals surface area contributed by atoms with Crippen molar-refractivity contribution >= 4 is 28.3 Å². The van der Waals surface area contributed by atoms with Crippen molar-refractivity contribution < 1.29 is 4.79 Å². The third-order valence-electron chi connectivity index (χ3n) is 3.29. The molecule has 0 aliphatic carbocycles. The Bertz CT molecular complexity index is 427. The van der Waals surface area contributed by atoms with Crippen LogP contribution in [0.25, 0.3) is 0 Å². The highest BCUT2D eigenvalue weighted by Crippen LogP contribution is 2.26. The second kappa shape index (κ2) is 5.53. The fourth-order valence-corrected chi connectivity index (χ4v) is 2.94. The molecule has 1 saturated heterocycles. The van der Waals surface area contributed by atoms with E-state index in [0.29, 0.717) is 16.6 Å². The van der Waals surface area contributed by atoms with Crippen LogP contribution in [0.5, 0.6) is 0 Å².